The number of rotatable bonds is 2. The lowest BCUT2D eigenvalue weighted by atomic mass is 10.1. The minimum Gasteiger partial charge on any atom is -0.383 e. The van der Waals surface area contributed by atoms with E-state index >= 15 is 0 Å². The second-order valence-corrected chi connectivity index (χ2v) is 5.01. The van der Waals surface area contributed by atoms with E-state index < -0.39 is 0 Å². The summed E-state index contributed by atoms with van der Waals surface area (Å²) in [5.41, 5.74) is 9.08. The number of nitrogens with two attached hydrogens (primary N) is 1. The van der Waals surface area contributed by atoms with Gasteiger partial charge in [0.25, 0.3) is 0 Å². The van der Waals surface area contributed by atoms with Crippen molar-refractivity contribution >= 4 is 17.2 Å². The molecule has 0 aromatic carbocycles. The van der Waals surface area contributed by atoms with E-state index in [1.54, 1.807) is 11.3 Å². The van der Waals surface area contributed by atoms with Crippen LogP contribution in [0.3, 0.4) is 0 Å². The van der Waals surface area contributed by atoms with Gasteiger partial charge in [-0.15, -0.1) is 0 Å². The van der Waals surface area contributed by atoms with Crippen LogP contribution in [-0.4, -0.2) is 9.97 Å². The number of thiophene rings is 1. The van der Waals surface area contributed by atoms with E-state index in [4.69, 9.17) is 5.73 Å². The van der Waals surface area contributed by atoms with E-state index in [2.05, 4.69) is 26.8 Å². The highest BCUT2D eigenvalue weighted by atomic mass is 32.1. The van der Waals surface area contributed by atoms with E-state index in [-0.39, 0.29) is 0 Å². The van der Waals surface area contributed by atoms with Crippen LogP contribution in [0.4, 0.5) is 5.82 Å². The lowest BCUT2D eigenvalue weighted by Gasteiger charge is -2.08. The maximum atomic E-state index is 5.95. The third kappa shape index (κ3) is 1.59. The van der Waals surface area contributed by atoms with Crippen LogP contribution in [0.15, 0.2) is 16.8 Å². The summed E-state index contributed by atoms with van der Waals surface area (Å²) in [5.74, 6) is 2.09. The van der Waals surface area contributed by atoms with Crippen molar-refractivity contribution in [2.24, 2.45) is 0 Å². The molecule has 2 N–H and O–H groups in total. The fourth-order valence-electron chi connectivity index (χ4n) is 1.76. The topological polar surface area (TPSA) is 51.8 Å². The van der Waals surface area contributed by atoms with Gasteiger partial charge in [0.1, 0.15) is 11.6 Å². The van der Waals surface area contributed by atoms with Crippen LogP contribution in [0.25, 0.3) is 11.3 Å². The average molecular weight is 231 g/mol. The number of anilines is 1. The molecule has 2 heterocycles. The molecule has 3 rings (SSSR count). The summed E-state index contributed by atoms with van der Waals surface area (Å²) in [5, 5.41) is 4.16. The third-order valence-corrected chi connectivity index (χ3v) is 3.62. The number of nitrogen functional groups attached to an aromatic ring is 1. The largest absolute Gasteiger partial charge is 0.383 e. The van der Waals surface area contributed by atoms with Gasteiger partial charge in [-0.2, -0.15) is 11.3 Å². The van der Waals surface area contributed by atoms with Crippen LogP contribution in [0, 0.1) is 6.92 Å². The van der Waals surface area contributed by atoms with Crippen LogP contribution >= 0.6 is 11.3 Å². The molecule has 4 heteroatoms. The van der Waals surface area contributed by atoms with Crippen LogP contribution in [0.5, 0.6) is 0 Å². The fraction of sp³-hybridized carbons (Fsp3) is 0.333. The molecule has 3 nitrogen and oxygen atoms in total. The van der Waals surface area contributed by atoms with Crippen molar-refractivity contribution in [1.82, 2.24) is 9.97 Å². The Morgan fingerprint density at radius 2 is 2.19 bits per heavy atom. The lowest BCUT2D eigenvalue weighted by Crippen LogP contribution is -2.03. The normalized spacial score (nSPS) is 15.3. The maximum absolute atomic E-state index is 5.95. The first-order valence-corrected chi connectivity index (χ1v) is 6.36. The summed E-state index contributed by atoms with van der Waals surface area (Å²) >= 11 is 1.68. The Labute approximate surface area is 98.4 Å². The zero-order chi connectivity index (χ0) is 11.1. The van der Waals surface area contributed by atoms with Crippen LogP contribution in [0.1, 0.15) is 30.1 Å². The number of hydrogen-bond donors (Lipinski definition) is 1. The standard InChI is InChI=1S/C12H13N3S/c1-7-10(9-4-5-16-6-9)14-12(8-2-3-8)15-11(7)13/h4-6,8H,2-3H2,1H3,(H2,13,14,15). The van der Waals surface area contributed by atoms with Crippen molar-refractivity contribution in [2.75, 3.05) is 5.73 Å². The van der Waals surface area contributed by atoms with Crippen molar-refractivity contribution in [3.8, 4) is 11.3 Å². The molecule has 0 saturated heterocycles. The third-order valence-electron chi connectivity index (χ3n) is 2.94. The molecule has 0 aliphatic heterocycles. The van der Waals surface area contributed by atoms with Gasteiger partial charge in [-0.05, 0) is 31.2 Å². The molecule has 82 valence electrons. The summed E-state index contributed by atoms with van der Waals surface area (Å²) in [6, 6.07) is 2.08. The lowest BCUT2D eigenvalue weighted by molar-refractivity contribution is 0.928. The van der Waals surface area contributed by atoms with Crippen molar-refractivity contribution in [3.05, 3.63) is 28.2 Å². The van der Waals surface area contributed by atoms with E-state index in [0.29, 0.717) is 11.7 Å². The molecule has 1 aliphatic rings. The molecule has 1 aliphatic carbocycles. The average Bonchev–Trinajstić information content (AvgIpc) is 2.98. The second kappa shape index (κ2) is 3.56. The van der Waals surface area contributed by atoms with Gasteiger partial charge in [0, 0.05) is 22.4 Å². The van der Waals surface area contributed by atoms with E-state index in [9.17, 15) is 0 Å². The molecule has 0 unspecified atom stereocenters. The number of nitrogens with zero attached hydrogens (tertiary/aromatic N) is 2. The summed E-state index contributed by atoms with van der Waals surface area (Å²) < 4.78 is 0. The smallest absolute Gasteiger partial charge is 0.134 e. The zero-order valence-corrected chi connectivity index (χ0v) is 9.92. The summed E-state index contributed by atoms with van der Waals surface area (Å²) in [4.78, 5) is 9.03. The van der Waals surface area contributed by atoms with Crippen molar-refractivity contribution < 1.29 is 0 Å². The second-order valence-electron chi connectivity index (χ2n) is 4.23. The Balaban J connectivity index is 2.15. The molecule has 2 aromatic rings. The molecule has 16 heavy (non-hydrogen) atoms. The van der Waals surface area contributed by atoms with Gasteiger partial charge in [0.15, 0.2) is 0 Å². The minimum atomic E-state index is 0.542. The first-order valence-electron chi connectivity index (χ1n) is 5.42. The van der Waals surface area contributed by atoms with Gasteiger partial charge in [-0.25, -0.2) is 9.97 Å². The maximum Gasteiger partial charge on any atom is 0.134 e. The Bertz CT molecular complexity index is 515. The molecule has 0 atom stereocenters. The van der Waals surface area contributed by atoms with E-state index in [0.717, 1.165) is 22.6 Å². The molecule has 0 bridgehead atoms. The van der Waals surface area contributed by atoms with E-state index in [1.807, 2.05) is 6.92 Å². The molecule has 0 amide bonds. The van der Waals surface area contributed by atoms with Gasteiger partial charge in [-0.3, -0.25) is 0 Å². The van der Waals surface area contributed by atoms with Gasteiger partial charge < -0.3 is 5.73 Å². The van der Waals surface area contributed by atoms with Gasteiger partial charge in [0.2, 0.25) is 0 Å². The molecule has 1 saturated carbocycles. The fourth-order valence-corrected chi connectivity index (χ4v) is 2.40. The van der Waals surface area contributed by atoms with Crippen LogP contribution in [0.2, 0.25) is 0 Å². The first kappa shape index (κ1) is 9.78. The van der Waals surface area contributed by atoms with Crippen LogP contribution in [-0.2, 0) is 0 Å². The Morgan fingerprint density at radius 3 is 2.81 bits per heavy atom. The SMILES string of the molecule is Cc1c(N)nc(C2CC2)nc1-c1ccsc1. The number of aromatic nitrogens is 2. The number of hydrogen-bond acceptors (Lipinski definition) is 4. The molecular weight excluding hydrogens is 218 g/mol. The summed E-state index contributed by atoms with van der Waals surface area (Å²) in [7, 11) is 0. The molecular formula is C12H13N3S. The Hall–Kier alpha value is -1.42. The molecule has 0 radical (unpaired) electrons. The van der Waals surface area contributed by atoms with Gasteiger partial charge in [-0.1, -0.05) is 0 Å². The molecule has 0 spiro atoms. The summed E-state index contributed by atoms with van der Waals surface area (Å²) in [6.45, 7) is 1.99. The predicted octanol–water partition coefficient (Wildman–Crippen LogP) is 2.97. The Morgan fingerprint density at radius 1 is 1.38 bits per heavy atom. The summed E-state index contributed by atoms with van der Waals surface area (Å²) in [6.07, 6.45) is 2.40. The molecule has 1 fully saturated rings. The predicted molar refractivity (Wildman–Crippen MR) is 66.5 cm³/mol. The zero-order valence-electron chi connectivity index (χ0n) is 9.10. The Kier molecular flexibility index (Phi) is 2.17. The van der Waals surface area contributed by atoms with Crippen LogP contribution < -0.4 is 5.73 Å². The first-order chi connectivity index (χ1) is 7.75. The minimum absolute atomic E-state index is 0.542. The highest BCUT2D eigenvalue weighted by molar-refractivity contribution is 7.08. The quantitative estimate of drug-likeness (QED) is 0.864. The van der Waals surface area contributed by atoms with Crippen molar-refractivity contribution in [2.45, 2.75) is 25.7 Å². The van der Waals surface area contributed by atoms with Crippen molar-refractivity contribution in [1.29, 1.82) is 0 Å². The molecule has 2 aromatic heterocycles. The van der Waals surface area contributed by atoms with Crippen molar-refractivity contribution in [3.63, 3.8) is 0 Å². The van der Waals surface area contributed by atoms with Gasteiger partial charge in [0.05, 0.1) is 5.69 Å². The van der Waals surface area contributed by atoms with Gasteiger partial charge >= 0.3 is 0 Å². The highest BCUT2D eigenvalue weighted by Crippen LogP contribution is 2.39. The van der Waals surface area contributed by atoms with E-state index in [1.165, 1.54) is 12.8 Å². The monoisotopic (exact) mass is 231 g/mol. The highest BCUT2D eigenvalue weighted by Gasteiger charge is 2.28.